The zero-order chi connectivity index (χ0) is 14.0. The molecule has 4 nitrogen and oxygen atoms in total. The van der Waals surface area contributed by atoms with Crippen molar-refractivity contribution in [3.05, 3.63) is 23.8 Å². The Morgan fingerprint density at radius 3 is 2.80 bits per heavy atom. The molecular formula is C16H21NO3. The van der Waals surface area contributed by atoms with Crippen molar-refractivity contribution in [1.29, 1.82) is 0 Å². The Labute approximate surface area is 119 Å². The van der Waals surface area contributed by atoms with Crippen LogP contribution in [-0.2, 0) is 0 Å². The predicted octanol–water partition coefficient (Wildman–Crippen LogP) is 2.56. The first kappa shape index (κ1) is 13.4. The van der Waals surface area contributed by atoms with Crippen molar-refractivity contribution in [2.24, 2.45) is 0 Å². The Bertz CT molecular complexity index is 506. The van der Waals surface area contributed by atoms with Crippen LogP contribution in [0.25, 0.3) is 0 Å². The third kappa shape index (κ3) is 2.29. The van der Waals surface area contributed by atoms with Gasteiger partial charge in [0, 0.05) is 5.56 Å². The molecular weight excluding hydrogens is 254 g/mol. The second-order valence-corrected chi connectivity index (χ2v) is 5.55. The van der Waals surface area contributed by atoms with E-state index in [0.717, 1.165) is 43.5 Å². The molecule has 1 fully saturated rings. The number of benzene rings is 1. The fourth-order valence-electron chi connectivity index (χ4n) is 3.21. The summed E-state index contributed by atoms with van der Waals surface area (Å²) in [6.07, 6.45) is 3.88. The van der Waals surface area contributed by atoms with Crippen LogP contribution >= 0.6 is 0 Å². The van der Waals surface area contributed by atoms with Gasteiger partial charge in [0.1, 0.15) is 13.2 Å². The molecule has 1 unspecified atom stereocenters. The van der Waals surface area contributed by atoms with Gasteiger partial charge < -0.3 is 14.8 Å². The van der Waals surface area contributed by atoms with Gasteiger partial charge in [-0.05, 0) is 44.0 Å². The number of Topliss-reactive ketones (excluding diaryl/α,β-unsaturated/α-hetero) is 1. The van der Waals surface area contributed by atoms with E-state index in [1.807, 2.05) is 18.2 Å². The lowest BCUT2D eigenvalue weighted by molar-refractivity contribution is 0.0856. The molecule has 2 aliphatic heterocycles. The summed E-state index contributed by atoms with van der Waals surface area (Å²) in [7, 11) is 0. The van der Waals surface area contributed by atoms with Crippen LogP contribution < -0.4 is 14.8 Å². The van der Waals surface area contributed by atoms with Gasteiger partial charge in [0.25, 0.3) is 0 Å². The first-order chi connectivity index (χ1) is 9.75. The van der Waals surface area contributed by atoms with Gasteiger partial charge in [0.05, 0.1) is 5.54 Å². The van der Waals surface area contributed by atoms with Gasteiger partial charge in [-0.15, -0.1) is 0 Å². The predicted molar refractivity (Wildman–Crippen MR) is 76.6 cm³/mol. The maximum atomic E-state index is 12.9. The van der Waals surface area contributed by atoms with Crippen molar-refractivity contribution < 1.29 is 14.3 Å². The number of ketones is 1. The van der Waals surface area contributed by atoms with Gasteiger partial charge in [0.15, 0.2) is 17.3 Å². The third-order valence-electron chi connectivity index (χ3n) is 4.16. The number of carbonyl (C=O) groups excluding carboxylic acids is 1. The molecule has 1 aromatic rings. The van der Waals surface area contributed by atoms with Crippen LogP contribution in [0.4, 0.5) is 0 Å². The lowest BCUT2D eigenvalue weighted by Gasteiger charge is -2.28. The Morgan fingerprint density at radius 2 is 2.10 bits per heavy atom. The minimum Gasteiger partial charge on any atom is -0.486 e. The molecule has 108 valence electrons. The highest BCUT2D eigenvalue weighted by Crippen LogP contribution is 2.34. The van der Waals surface area contributed by atoms with Crippen LogP contribution in [0.15, 0.2) is 18.2 Å². The first-order valence-electron chi connectivity index (χ1n) is 7.45. The van der Waals surface area contributed by atoms with Gasteiger partial charge in [-0.2, -0.15) is 0 Å². The summed E-state index contributed by atoms with van der Waals surface area (Å²) in [4.78, 5) is 12.9. The first-order valence-corrected chi connectivity index (χ1v) is 7.45. The van der Waals surface area contributed by atoms with Crippen molar-refractivity contribution in [1.82, 2.24) is 5.32 Å². The van der Waals surface area contributed by atoms with Crippen molar-refractivity contribution in [2.75, 3.05) is 19.8 Å². The molecule has 20 heavy (non-hydrogen) atoms. The van der Waals surface area contributed by atoms with Gasteiger partial charge >= 0.3 is 0 Å². The number of nitrogens with one attached hydrogen (secondary N) is 1. The van der Waals surface area contributed by atoms with Crippen molar-refractivity contribution in [2.45, 2.75) is 38.1 Å². The summed E-state index contributed by atoms with van der Waals surface area (Å²) < 4.78 is 11.1. The van der Waals surface area contributed by atoms with E-state index in [9.17, 15) is 4.79 Å². The van der Waals surface area contributed by atoms with Crippen LogP contribution in [0.2, 0.25) is 0 Å². The van der Waals surface area contributed by atoms with E-state index in [1.165, 1.54) is 0 Å². The zero-order valence-electron chi connectivity index (χ0n) is 11.9. The topological polar surface area (TPSA) is 47.6 Å². The highest BCUT2D eigenvalue weighted by Gasteiger charge is 2.40. The van der Waals surface area contributed by atoms with Gasteiger partial charge in [-0.1, -0.05) is 13.3 Å². The summed E-state index contributed by atoms with van der Waals surface area (Å²) in [5.41, 5.74) is 0.343. The van der Waals surface area contributed by atoms with Crippen LogP contribution in [0, 0.1) is 0 Å². The molecule has 0 amide bonds. The Hall–Kier alpha value is -1.55. The zero-order valence-corrected chi connectivity index (χ0v) is 11.9. The molecule has 0 aromatic heterocycles. The minimum atomic E-state index is -0.376. The molecule has 1 atom stereocenters. The maximum Gasteiger partial charge on any atom is 0.182 e. The van der Waals surface area contributed by atoms with Gasteiger partial charge in [-0.25, -0.2) is 0 Å². The summed E-state index contributed by atoms with van der Waals surface area (Å²) >= 11 is 0. The smallest absolute Gasteiger partial charge is 0.182 e. The molecule has 1 aromatic carbocycles. The number of rotatable bonds is 4. The third-order valence-corrected chi connectivity index (χ3v) is 4.16. The average molecular weight is 275 g/mol. The van der Waals surface area contributed by atoms with Crippen LogP contribution in [0.1, 0.15) is 43.0 Å². The normalized spacial score (nSPS) is 24.6. The fourth-order valence-corrected chi connectivity index (χ4v) is 3.21. The lowest BCUT2D eigenvalue weighted by atomic mass is 9.84. The van der Waals surface area contributed by atoms with Gasteiger partial charge in [-0.3, -0.25) is 4.79 Å². The van der Waals surface area contributed by atoms with Crippen LogP contribution in [0.3, 0.4) is 0 Å². The Kier molecular flexibility index (Phi) is 3.66. The van der Waals surface area contributed by atoms with E-state index in [4.69, 9.17) is 9.47 Å². The molecule has 0 bridgehead atoms. The Morgan fingerprint density at radius 1 is 1.30 bits per heavy atom. The van der Waals surface area contributed by atoms with Crippen molar-refractivity contribution in [3.8, 4) is 11.5 Å². The SMILES string of the molecule is CCCC1(C(=O)c2ccc3c(c2)OCCO3)CCCN1. The fraction of sp³-hybridized carbons (Fsp3) is 0.562. The number of ether oxygens (including phenoxy) is 2. The lowest BCUT2D eigenvalue weighted by Crippen LogP contribution is -2.47. The average Bonchev–Trinajstić information content (AvgIpc) is 2.96. The van der Waals surface area contributed by atoms with Crippen molar-refractivity contribution in [3.63, 3.8) is 0 Å². The second kappa shape index (κ2) is 5.44. The van der Waals surface area contributed by atoms with E-state index in [1.54, 1.807) is 0 Å². The number of hydrogen-bond acceptors (Lipinski definition) is 4. The monoisotopic (exact) mass is 275 g/mol. The minimum absolute atomic E-state index is 0.189. The molecule has 1 N–H and O–H groups in total. The number of carbonyl (C=O) groups is 1. The second-order valence-electron chi connectivity index (χ2n) is 5.55. The van der Waals surface area contributed by atoms with Crippen LogP contribution in [0.5, 0.6) is 11.5 Å². The quantitative estimate of drug-likeness (QED) is 0.858. The summed E-state index contributed by atoms with van der Waals surface area (Å²) in [5.74, 6) is 1.61. The molecule has 0 aliphatic carbocycles. The molecule has 2 heterocycles. The van der Waals surface area contributed by atoms with Gasteiger partial charge in [0.2, 0.25) is 0 Å². The highest BCUT2D eigenvalue weighted by atomic mass is 16.6. The van der Waals surface area contributed by atoms with E-state index in [-0.39, 0.29) is 11.3 Å². The standard InChI is InChI=1S/C16H21NO3/c1-2-6-16(7-3-8-17-16)15(18)12-4-5-13-14(11-12)20-10-9-19-13/h4-5,11,17H,2-3,6-10H2,1H3. The van der Waals surface area contributed by atoms with E-state index in [2.05, 4.69) is 12.2 Å². The largest absolute Gasteiger partial charge is 0.486 e. The molecule has 0 radical (unpaired) electrons. The maximum absolute atomic E-state index is 12.9. The molecule has 4 heteroatoms. The summed E-state index contributed by atoms with van der Waals surface area (Å²) in [6, 6.07) is 5.53. The number of hydrogen-bond donors (Lipinski definition) is 1. The van der Waals surface area contributed by atoms with Crippen LogP contribution in [-0.4, -0.2) is 31.1 Å². The summed E-state index contributed by atoms with van der Waals surface area (Å²) in [5, 5.41) is 3.43. The highest BCUT2D eigenvalue weighted by molar-refractivity contribution is 6.04. The molecule has 3 rings (SSSR count). The Balaban J connectivity index is 1.89. The molecule has 0 saturated carbocycles. The molecule has 2 aliphatic rings. The van der Waals surface area contributed by atoms with E-state index < -0.39 is 0 Å². The molecule has 1 saturated heterocycles. The summed E-state index contributed by atoms with van der Waals surface area (Å²) in [6.45, 7) is 4.17. The number of fused-ring (bicyclic) bond motifs is 1. The van der Waals surface area contributed by atoms with E-state index >= 15 is 0 Å². The molecule has 0 spiro atoms. The van der Waals surface area contributed by atoms with E-state index in [0.29, 0.717) is 19.0 Å². The van der Waals surface area contributed by atoms with Crippen molar-refractivity contribution >= 4 is 5.78 Å².